The maximum absolute atomic E-state index is 12.3. The van der Waals surface area contributed by atoms with Gasteiger partial charge >= 0.3 is 0 Å². The molecule has 4 heteroatoms. The van der Waals surface area contributed by atoms with E-state index in [1.54, 1.807) is 6.07 Å². The number of carbonyl (C=O) groups excluding carboxylic acids is 1. The first-order valence-corrected chi connectivity index (χ1v) is 8.29. The molecule has 1 aliphatic carbocycles. The number of phenols is 1. The van der Waals surface area contributed by atoms with Crippen molar-refractivity contribution in [1.29, 1.82) is 5.41 Å². The smallest absolute Gasteiger partial charge is 0.160 e. The van der Waals surface area contributed by atoms with E-state index in [0.29, 0.717) is 24.1 Å². The van der Waals surface area contributed by atoms with E-state index in [2.05, 4.69) is 0 Å². The molecule has 0 saturated heterocycles. The Morgan fingerprint density at radius 3 is 2.52 bits per heavy atom. The number of nitrogens with one attached hydrogen (secondary N) is 1. The summed E-state index contributed by atoms with van der Waals surface area (Å²) in [5.41, 5.74) is 3.91. The fourth-order valence-electron chi connectivity index (χ4n) is 3.34. The molecule has 0 unspecified atom stereocenters. The van der Waals surface area contributed by atoms with Crippen LogP contribution >= 0.6 is 0 Å². The summed E-state index contributed by atoms with van der Waals surface area (Å²) < 4.78 is 0. The Hall–Kier alpha value is -2.88. The maximum Gasteiger partial charge on any atom is 0.160 e. The molecule has 2 N–H and O–H groups in total. The van der Waals surface area contributed by atoms with Gasteiger partial charge in [-0.3, -0.25) is 4.79 Å². The summed E-state index contributed by atoms with van der Waals surface area (Å²) in [6, 6.07) is 9.13. The molecule has 0 aromatic heterocycles. The molecule has 3 rings (SSSR count). The summed E-state index contributed by atoms with van der Waals surface area (Å²) in [6.45, 7) is 1.52. The number of aromatic hydroxyl groups is 1. The Bertz CT molecular complexity index is 936. The van der Waals surface area contributed by atoms with Gasteiger partial charge in [0.2, 0.25) is 0 Å². The lowest BCUT2D eigenvalue weighted by Crippen LogP contribution is -2.16. The monoisotopic (exact) mass is 334 g/mol. The highest BCUT2D eigenvalue weighted by Crippen LogP contribution is 2.38. The average molecular weight is 334 g/mol. The van der Waals surface area contributed by atoms with Crippen LogP contribution in [0, 0.1) is 5.41 Å². The van der Waals surface area contributed by atoms with Crippen LogP contribution in [0.5, 0.6) is 5.75 Å². The number of nitrogens with zero attached hydrogens (tertiary/aromatic N) is 1. The summed E-state index contributed by atoms with van der Waals surface area (Å²) in [4.78, 5) is 14.3. The number of allylic oxidation sites excluding steroid dienone is 4. The molecule has 0 heterocycles. The van der Waals surface area contributed by atoms with Crippen molar-refractivity contribution in [3.63, 3.8) is 0 Å². The average Bonchev–Trinajstić information content (AvgIpc) is 2.76. The highest BCUT2D eigenvalue weighted by atomic mass is 16.3. The van der Waals surface area contributed by atoms with Crippen molar-refractivity contribution in [3.8, 4) is 5.75 Å². The first-order chi connectivity index (χ1) is 11.9. The highest BCUT2D eigenvalue weighted by Gasteiger charge is 2.22. The third kappa shape index (κ3) is 3.07. The first kappa shape index (κ1) is 17.0. The van der Waals surface area contributed by atoms with Crippen molar-refractivity contribution in [2.24, 2.45) is 0 Å². The molecule has 128 valence electrons. The van der Waals surface area contributed by atoms with Gasteiger partial charge < -0.3 is 15.4 Å². The van der Waals surface area contributed by atoms with Gasteiger partial charge in [0.05, 0.1) is 0 Å². The topological polar surface area (TPSA) is 64.4 Å². The molecule has 0 radical (unpaired) electrons. The van der Waals surface area contributed by atoms with Gasteiger partial charge in [-0.1, -0.05) is 36.4 Å². The Labute approximate surface area is 147 Å². The third-order valence-corrected chi connectivity index (χ3v) is 4.55. The van der Waals surface area contributed by atoms with E-state index in [1.807, 2.05) is 55.4 Å². The van der Waals surface area contributed by atoms with E-state index in [-0.39, 0.29) is 11.5 Å². The van der Waals surface area contributed by atoms with Gasteiger partial charge in [-0.2, -0.15) is 0 Å². The van der Waals surface area contributed by atoms with Gasteiger partial charge in [0.15, 0.2) is 5.78 Å². The van der Waals surface area contributed by atoms with E-state index in [4.69, 9.17) is 5.41 Å². The minimum Gasteiger partial charge on any atom is -0.507 e. The second-order valence-electron chi connectivity index (χ2n) is 6.56. The normalized spacial score (nSPS) is 14.8. The van der Waals surface area contributed by atoms with Gasteiger partial charge in [0.1, 0.15) is 5.75 Å². The fourth-order valence-corrected chi connectivity index (χ4v) is 3.34. The van der Waals surface area contributed by atoms with Gasteiger partial charge in [0.25, 0.3) is 0 Å². The molecule has 25 heavy (non-hydrogen) atoms. The number of phenolic OH excluding ortho intramolecular Hbond substituents is 1. The van der Waals surface area contributed by atoms with Crippen molar-refractivity contribution in [1.82, 2.24) is 4.90 Å². The van der Waals surface area contributed by atoms with Gasteiger partial charge in [-0.05, 0) is 18.4 Å². The number of rotatable bonds is 3. The van der Waals surface area contributed by atoms with Crippen LogP contribution in [0.4, 0.5) is 0 Å². The van der Waals surface area contributed by atoms with Crippen LogP contribution in [-0.4, -0.2) is 35.6 Å². The summed E-state index contributed by atoms with van der Waals surface area (Å²) in [6.07, 6.45) is 5.12. The minimum atomic E-state index is -0.0885. The number of hydrogen-bond acceptors (Lipinski definition) is 4. The van der Waals surface area contributed by atoms with Crippen LogP contribution < -0.4 is 0 Å². The Balaban J connectivity index is 2.45. The number of fused-ring (bicyclic) bond motifs is 1. The van der Waals surface area contributed by atoms with Gasteiger partial charge in [0, 0.05) is 60.4 Å². The van der Waals surface area contributed by atoms with Gasteiger partial charge in [-0.15, -0.1) is 0 Å². The van der Waals surface area contributed by atoms with Crippen LogP contribution in [0.25, 0.3) is 16.3 Å². The molecule has 0 spiro atoms. The predicted octanol–water partition coefficient (Wildman–Crippen LogP) is 4.39. The number of ketones is 1. The van der Waals surface area contributed by atoms with Crippen molar-refractivity contribution in [2.45, 2.75) is 19.8 Å². The van der Waals surface area contributed by atoms with Crippen molar-refractivity contribution >= 4 is 27.8 Å². The zero-order chi connectivity index (χ0) is 18.1. The molecule has 0 bridgehead atoms. The Morgan fingerprint density at radius 2 is 1.88 bits per heavy atom. The summed E-state index contributed by atoms with van der Waals surface area (Å²) in [5, 5.41) is 20.1. The standard InChI is InChI=1S/C21H22N2O2/c1-13(24)18-12-20(25)15-8-4-5-9-16(15)21(18)17-10-6-7-14(22)11-19(17)23(2)3/h4-6,8-10,12,22,25H,7,11H2,1-3H3. The zero-order valence-corrected chi connectivity index (χ0v) is 14.8. The number of Topliss-reactive ketones (excluding diaryl/α,β-unsaturated/α-hetero) is 1. The molecule has 1 aliphatic rings. The fraction of sp³-hybridized carbons (Fsp3) is 0.238. The molecule has 0 atom stereocenters. The second kappa shape index (κ2) is 6.55. The van der Waals surface area contributed by atoms with Crippen LogP contribution in [0.15, 0.2) is 48.2 Å². The molecule has 0 fully saturated rings. The van der Waals surface area contributed by atoms with Gasteiger partial charge in [-0.25, -0.2) is 0 Å². The Morgan fingerprint density at radius 1 is 1.20 bits per heavy atom. The molecule has 0 saturated carbocycles. The number of hydrogen-bond donors (Lipinski definition) is 2. The third-order valence-electron chi connectivity index (χ3n) is 4.55. The van der Waals surface area contributed by atoms with Crippen molar-refractivity contribution in [3.05, 3.63) is 59.3 Å². The van der Waals surface area contributed by atoms with Crippen molar-refractivity contribution < 1.29 is 9.90 Å². The second-order valence-corrected chi connectivity index (χ2v) is 6.56. The molecular formula is C21H22N2O2. The molecule has 2 aromatic carbocycles. The lowest BCUT2D eigenvalue weighted by molar-refractivity contribution is 0.101. The van der Waals surface area contributed by atoms with Crippen LogP contribution in [0.2, 0.25) is 0 Å². The maximum atomic E-state index is 12.3. The number of benzene rings is 2. The lowest BCUT2D eigenvalue weighted by atomic mass is 9.89. The van der Waals surface area contributed by atoms with E-state index in [9.17, 15) is 9.90 Å². The quantitative estimate of drug-likeness (QED) is 0.818. The van der Waals surface area contributed by atoms with E-state index in [1.165, 1.54) is 6.92 Å². The zero-order valence-electron chi connectivity index (χ0n) is 14.8. The molecule has 0 amide bonds. The van der Waals surface area contributed by atoms with Crippen LogP contribution in [0.3, 0.4) is 0 Å². The largest absolute Gasteiger partial charge is 0.507 e. The van der Waals surface area contributed by atoms with Crippen LogP contribution in [-0.2, 0) is 0 Å². The van der Waals surface area contributed by atoms with E-state index >= 15 is 0 Å². The summed E-state index contributed by atoms with van der Waals surface area (Å²) in [7, 11) is 3.91. The number of carbonyl (C=O) groups is 1. The molecular weight excluding hydrogens is 312 g/mol. The lowest BCUT2D eigenvalue weighted by Gasteiger charge is -2.22. The minimum absolute atomic E-state index is 0.0885. The molecule has 2 aromatic rings. The highest BCUT2D eigenvalue weighted by molar-refractivity contribution is 6.11. The molecule has 4 nitrogen and oxygen atoms in total. The van der Waals surface area contributed by atoms with E-state index < -0.39 is 0 Å². The van der Waals surface area contributed by atoms with Crippen molar-refractivity contribution in [2.75, 3.05) is 14.1 Å². The predicted molar refractivity (Wildman–Crippen MR) is 102 cm³/mol. The SMILES string of the molecule is CC(=O)c1cc(O)c2ccccc2c1C1=C(N(C)C)CC(=N)CC=C1. The summed E-state index contributed by atoms with van der Waals surface area (Å²) >= 11 is 0. The first-order valence-electron chi connectivity index (χ1n) is 8.29. The summed E-state index contributed by atoms with van der Waals surface area (Å²) in [5.74, 6) is 0.0243. The van der Waals surface area contributed by atoms with E-state index in [0.717, 1.165) is 27.6 Å². The van der Waals surface area contributed by atoms with Crippen LogP contribution in [0.1, 0.15) is 35.7 Å². The molecule has 0 aliphatic heterocycles. The Kier molecular flexibility index (Phi) is 4.45.